The molecule has 3 N–H and O–H groups in total. The van der Waals surface area contributed by atoms with Gasteiger partial charge in [-0.1, -0.05) is 30.3 Å². The van der Waals surface area contributed by atoms with Gasteiger partial charge in [0.25, 0.3) is 0 Å². The van der Waals surface area contributed by atoms with Gasteiger partial charge in [-0.3, -0.25) is 4.90 Å². The summed E-state index contributed by atoms with van der Waals surface area (Å²) in [6.07, 6.45) is -3.29. The van der Waals surface area contributed by atoms with Crippen LogP contribution in [0.25, 0.3) is 0 Å². The lowest BCUT2D eigenvalue weighted by Crippen LogP contribution is -2.67. The minimum Gasteiger partial charge on any atom is -0.395 e. The van der Waals surface area contributed by atoms with E-state index in [0.717, 1.165) is 5.56 Å². The van der Waals surface area contributed by atoms with Crippen LogP contribution in [0.4, 0.5) is 0 Å². The number of fused-ring (bicyclic) bond motifs is 1. The summed E-state index contributed by atoms with van der Waals surface area (Å²) >= 11 is 0. The SMILES string of the molecule is CO[C@H]1O[C@@H]2CO[C@@H](c3ccccc3)O[C@H]2[C@H](O)[C@H]1N(CCO)CCO. The van der Waals surface area contributed by atoms with Crippen LogP contribution in [0.3, 0.4) is 0 Å². The topological polar surface area (TPSA) is 101 Å². The first-order valence-corrected chi connectivity index (χ1v) is 8.83. The van der Waals surface area contributed by atoms with Crippen molar-refractivity contribution in [3.05, 3.63) is 35.9 Å². The van der Waals surface area contributed by atoms with E-state index in [1.54, 1.807) is 4.90 Å². The lowest BCUT2D eigenvalue weighted by Gasteiger charge is -2.50. The van der Waals surface area contributed by atoms with Gasteiger partial charge in [0.05, 0.1) is 25.9 Å². The number of methoxy groups -OCH3 is 1. The Bertz CT molecular complexity index is 540. The third kappa shape index (κ3) is 4.08. The number of hydrogen-bond donors (Lipinski definition) is 3. The highest BCUT2D eigenvalue weighted by Gasteiger charge is 2.51. The molecule has 3 rings (SSSR count). The van der Waals surface area contributed by atoms with Gasteiger partial charge in [0.1, 0.15) is 18.3 Å². The molecule has 0 unspecified atom stereocenters. The highest BCUT2D eigenvalue weighted by Crippen LogP contribution is 2.35. The Hall–Kier alpha value is -1.10. The van der Waals surface area contributed by atoms with Crippen molar-refractivity contribution in [2.45, 2.75) is 36.9 Å². The Morgan fingerprint density at radius 1 is 1.12 bits per heavy atom. The standard InChI is InChI=1S/C18H27NO7/c1-23-18-14(19(7-9-20)8-10-21)15(22)16-13(25-18)11-24-17(26-16)12-5-3-2-4-6-12/h2-6,13-18,20-22H,7-11H2,1H3/t13-,14-,15-,16-,17-,18+/m1/s1. The third-order valence-electron chi connectivity index (χ3n) is 4.83. The maximum absolute atomic E-state index is 11.0. The molecule has 26 heavy (non-hydrogen) atoms. The molecule has 0 aromatic heterocycles. The van der Waals surface area contributed by atoms with Crippen molar-refractivity contribution in [1.82, 2.24) is 4.90 Å². The summed E-state index contributed by atoms with van der Waals surface area (Å²) in [7, 11) is 1.50. The minimum absolute atomic E-state index is 0.107. The molecule has 1 aromatic carbocycles. The third-order valence-corrected chi connectivity index (χ3v) is 4.83. The lowest BCUT2D eigenvalue weighted by atomic mass is 9.94. The normalized spacial score (nSPS) is 34.7. The van der Waals surface area contributed by atoms with Crippen LogP contribution >= 0.6 is 0 Å². The molecule has 0 spiro atoms. The minimum atomic E-state index is -0.924. The molecule has 2 heterocycles. The van der Waals surface area contributed by atoms with Crippen molar-refractivity contribution in [1.29, 1.82) is 0 Å². The molecule has 0 amide bonds. The van der Waals surface area contributed by atoms with Crippen LogP contribution < -0.4 is 0 Å². The number of nitrogens with zero attached hydrogens (tertiary/aromatic N) is 1. The van der Waals surface area contributed by atoms with Crippen LogP contribution in [0.2, 0.25) is 0 Å². The second kappa shape index (κ2) is 9.20. The molecule has 2 aliphatic rings. The van der Waals surface area contributed by atoms with E-state index < -0.39 is 36.9 Å². The average molecular weight is 369 g/mol. The molecule has 0 saturated carbocycles. The summed E-state index contributed by atoms with van der Waals surface area (Å²) in [4.78, 5) is 1.76. The predicted molar refractivity (Wildman–Crippen MR) is 91.2 cm³/mol. The van der Waals surface area contributed by atoms with Crippen molar-refractivity contribution in [3.63, 3.8) is 0 Å². The second-order valence-corrected chi connectivity index (χ2v) is 6.42. The first kappa shape index (κ1) is 19.7. The number of rotatable bonds is 7. The van der Waals surface area contributed by atoms with Gasteiger partial charge >= 0.3 is 0 Å². The fourth-order valence-electron chi connectivity index (χ4n) is 3.61. The van der Waals surface area contributed by atoms with Gasteiger partial charge in [0.15, 0.2) is 12.6 Å². The van der Waals surface area contributed by atoms with Crippen molar-refractivity contribution in [2.75, 3.05) is 40.0 Å². The van der Waals surface area contributed by atoms with E-state index in [0.29, 0.717) is 0 Å². The Kier molecular flexibility index (Phi) is 6.96. The van der Waals surface area contributed by atoms with Gasteiger partial charge in [-0.25, -0.2) is 0 Å². The van der Waals surface area contributed by atoms with Gasteiger partial charge in [-0.15, -0.1) is 0 Å². The molecule has 6 atom stereocenters. The summed E-state index contributed by atoms with van der Waals surface area (Å²) in [5.41, 5.74) is 0.867. The van der Waals surface area contributed by atoms with Crippen molar-refractivity contribution < 1.29 is 34.3 Å². The van der Waals surface area contributed by atoms with E-state index in [-0.39, 0.29) is 32.9 Å². The Morgan fingerprint density at radius 3 is 2.42 bits per heavy atom. The summed E-state index contributed by atoms with van der Waals surface area (Å²) in [5.74, 6) is 0. The fraction of sp³-hybridized carbons (Fsp3) is 0.667. The van der Waals surface area contributed by atoms with Crippen LogP contribution in [0.15, 0.2) is 30.3 Å². The summed E-state index contributed by atoms with van der Waals surface area (Å²) in [6, 6.07) is 8.94. The quantitative estimate of drug-likeness (QED) is 0.591. The van der Waals surface area contributed by atoms with Crippen LogP contribution in [0, 0.1) is 0 Å². The van der Waals surface area contributed by atoms with Crippen molar-refractivity contribution >= 4 is 0 Å². The molecule has 146 valence electrons. The van der Waals surface area contributed by atoms with Gasteiger partial charge in [0.2, 0.25) is 0 Å². The monoisotopic (exact) mass is 369 g/mol. The molecule has 8 heteroatoms. The van der Waals surface area contributed by atoms with E-state index in [1.165, 1.54) is 7.11 Å². The lowest BCUT2D eigenvalue weighted by molar-refractivity contribution is -0.350. The molecule has 2 aliphatic heterocycles. The number of ether oxygens (including phenoxy) is 4. The highest BCUT2D eigenvalue weighted by atomic mass is 16.7. The second-order valence-electron chi connectivity index (χ2n) is 6.42. The zero-order valence-electron chi connectivity index (χ0n) is 14.8. The highest BCUT2D eigenvalue weighted by molar-refractivity contribution is 5.16. The van der Waals surface area contributed by atoms with Gasteiger partial charge in [-0.05, 0) is 0 Å². The number of aliphatic hydroxyl groups excluding tert-OH is 3. The fourth-order valence-corrected chi connectivity index (χ4v) is 3.61. The number of benzene rings is 1. The van der Waals surface area contributed by atoms with Crippen LogP contribution in [-0.2, 0) is 18.9 Å². The van der Waals surface area contributed by atoms with E-state index in [2.05, 4.69) is 0 Å². The largest absolute Gasteiger partial charge is 0.395 e. The zero-order chi connectivity index (χ0) is 18.5. The van der Waals surface area contributed by atoms with E-state index in [9.17, 15) is 15.3 Å². The summed E-state index contributed by atoms with van der Waals surface area (Å²) < 4.78 is 23.1. The van der Waals surface area contributed by atoms with Crippen LogP contribution in [0.5, 0.6) is 0 Å². The van der Waals surface area contributed by atoms with Crippen LogP contribution in [-0.4, -0.2) is 90.9 Å². The summed E-state index contributed by atoms with van der Waals surface area (Å²) in [6.45, 7) is 0.617. The molecular formula is C18H27NO7. The molecule has 0 aliphatic carbocycles. The molecule has 1 aromatic rings. The molecule has 0 radical (unpaired) electrons. The Morgan fingerprint density at radius 2 is 1.81 bits per heavy atom. The maximum atomic E-state index is 11.0. The van der Waals surface area contributed by atoms with E-state index in [4.69, 9.17) is 18.9 Å². The summed E-state index contributed by atoms with van der Waals surface area (Å²) in [5, 5.41) is 29.7. The maximum Gasteiger partial charge on any atom is 0.184 e. The predicted octanol–water partition coefficient (Wildman–Crippen LogP) is -0.512. The first-order chi connectivity index (χ1) is 12.7. The Balaban J connectivity index is 1.78. The molecule has 2 saturated heterocycles. The Labute approximate surface area is 152 Å². The van der Waals surface area contributed by atoms with Gasteiger partial charge in [-0.2, -0.15) is 0 Å². The van der Waals surface area contributed by atoms with E-state index >= 15 is 0 Å². The van der Waals surface area contributed by atoms with Crippen LogP contribution in [0.1, 0.15) is 11.9 Å². The zero-order valence-corrected chi connectivity index (χ0v) is 14.8. The molecule has 2 fully saturated rings. The van der Waals surface area contributed by atoms with Crippen molar-refractivity contribution in [2.24, 2.45) is 0 Å². The smallest absolute Gasteiger partial charge is 0.184 e. The first-order valence-electron chi connectivity index (χ1n) is 8.83. The average Bonchev–Trinajstić information content (AvgIpc) is 2.68. The molecular weight excluding hydrogens is 342 g/mol. The van der Waals surface area contributed by atoms with E-state index in [1.807, 2.05) is 30.3 Å². The van der Waals surface area contributed by atoms with Crippen molar-refractivity contribution in [3.8, 4) is 0 Å². The molecule has 0 bridgehead atoms. The van der Waals surface area contributed by atoms with Gasteiger partial charge in [0, 0.05) is 25.8 Å². The number of hydrogen-bond acceptors (Lipinski definition) is 8. The molecule has 8 nitrogen and oxygen atoms in total. The number of aliphatic hydroxyl groups is 3. The van der Waals surface area contributed by atoms with Gasteiger partial charge < -0.3 is 34.3 Å².